The van der Waals surface area contributed by atoms with E-state index in [1.165, 1.54) is 21.1 Å². The molecule has 0 radical (unpaired) electrons. The van der Waals surface area contributed by atoms with Crippen LogP contribution in [-0.2, 0) is 11.3 Å². The lowest BCUT2D eigenvalue weighted by atomic mass is 10.2. The zero-order valence-corrected chi connectivity index (χ0v) is 20.9. The number of hydrogen-bond donors (Lipinski definition) is 1. The van der Waals surface area contributed by atoms with E-state index in [2.05, 4.69) is 24.1 Å². The highest BCUT2D eigenvalue weighted by Gasteiger charge is 2.33. The molecule has 1 fully saturated rings. The van der Waals surface area contributed by atoms with Gasteiger partial charge in [-0.15, -0.1) is 0 Å². The van der Waals surface area contributed by atoms with Crippen LogP contribution < -0.4 is 10.9 Å². The standard InChI is InChI=1S/C24H23ClN4O2S2/c1-14(2)11-26-21-17(22(30)28-12-15(3)8-9-20(28)27-21)10-19-23(31)29(24(32)33-19)13-16-6-4-5-7-18(16)25/h4-10,12,14,26H,11,13H2,1-3H3/b19-10-. The van der Waals surface area contributed by atoms with Crippen molar-refractivity contribution in [1.82, 2.24) is 14.3 Å². The van der Waals surface area contributed by atoms with Gasteiger partial charge in [0.25, 0.3) is 11.5 Å². The van der Waals surface area contributed by atoms with E-state index in [9.17, 15) is 9.59 Å². The second-order valence-electron chi connectivity index (χ2n) is 8.25. The summed E-state index contributed by atoms with van der Waals surface area (Å²) >= 11 is 12.9. The van der Waals surface area contributed by atoms with Gasteiger partial charge in [-0.3, -0.25) is 18.9 Å². The van der Waals surface area contributed by atoms with Crippen LogP contribution in [0.5, 0.6) is 0 Å². The fourth-order valence-corrected chi connectivity index (χ4v) is 4.82. The van der Waals surface area contributed by atoms with Crippen LogP contribution in [0.4, 0.5) is 5.82 Å². The van der Waals surface area contributed by atoms with Crippen molar-refractivity contribution in [3.63, 3.8) is 0 Å². The number of pyridine rings is 1. The van der Waals surface area contributed by atoms with Crippen molar-refractivity contribution in [1.29, 1.82) is 0 Å². The number of thiocarbonyl (C=S) groups is 1. The summed E-state index contributed by atoms with van der Waals surface area (Å²) < 4.78 is 1.93. The molecule has 0 atom stereocenters. The van der Waals surface area contributed by atoms with Gasteiger partial charge in [0, 0.05) is 17.8 Å². The van der Waals surface area contributed by atoms with Crippen molar-refractivity contribution in [3.05, 3.63) is 79.6 Å². The molecule has 3 aromatic rings. The summed E-state index contributed by atoms with van der Waals surface area (Å²) in [6.07, 6.45) is 3.34. The lowest BCUT2D eigenvalue weighted by molar-refractivity contribution is -0.122. The number of thioether (sulfide) groups is 1. The maximum Gasteiger partial charge on any atom is 0.267 e. The van der Waals surface area contributed by atoms with Crippen molar-refractivity contribution < 1.29 is 4.79 Å². The molecule has 9 heteroatoms. The van der Waals surface area contributed by atoms with Gasteiger partial charge in [0.05, 0.1) is 17.0 Å². The summed E-state index contributed by atoms with van der Waals surface area (Å²) in [5, 5.41) is 3.84. The van der Waals surface area contributed by atoms with Crippen LogP contribution in [0.15, 0.2) is 52.3 Å². The summed E-state index contributed by atoms with van der Waals surface area (Å²) in [5.74, 6) is 0.548. The van der Waals surface area contributed by atoms with E-state index in [0.717, 1.165) is 11.1 Å². The number of anilines is 1. The largest absolute Gasteiger partial charge is 0.369 e. The van der Waals surface area contributed by atoms with Crippen LogP contribution in [-0.4, -0.2) is 31.1 Å². The van der Waals surface area contributed by atoms with Gasteiger partial charge in [-0.05, 0) is 42.2 Å². The number of benzene rings is 1. The third-order valence-corrected chi connectivity index (χ3v) is 6.87. The van der Waals surface area contributed by atoms with Crippen LogP contribution in [0.25, 0.3) is 11.7 Å². The number of rotatable bonds is 6. The summed E-state index contributed by atoms with van der Waals surface area (Å²) in [6.45, 7) is 6.97. The van der Waals surface area contributed by atoms with Crippen LogP contribution in [0.1, 0.15) is 30.5 Å². The predicted octanol–water partition coefficient (Wildman–Crippen LogP) is 5.13. The molecule has 2 aromatic heterocycles. The highest BCUT2D eigenvalue weighted by atomic mass is 35.5. The fourth-order valence-electron chi connectivity index (χ4n) is 3.39. The minimum absolute atomic E-state index is 0.244. The molecule has 0 bridgehead atoms. The van der Waals surface area contributed by atoms with Crippen LogP contribution in [0, 0.1) is 12.8 Å². The summed E-state index contributed by atoms with van der Waals surface area (Å²) in [7, 11) is 0. The molecule has 4 rings (SSSR count). The SMILES string of the molecule is Cc1ccc2nc(NCC(C)C)c(/C=C3\SC(=S)N(Cc4ccccc4Cl)C3=O)c(=O)n2c1. The predicted molar refractivity (Wildman–Crippen MR) is 140 cm³/mol. The van der Waals surface area contributed by atoms with E-state index in [-0.39, 0.29) is 18.0 Å². The number of nitrogens with one attached hydrogen (secondary N) is 1. The maximum absolute atomic E-state index is 13.4. The first-order valence-corrected chi connectivity index (χ1v) is 12.1. The molecule has 1 amide bonds. The molecule has 3 heterocycles. The number of aromatic nitrogens is 2. The van der Waals surface area contributed by atoms with Gasteiger partial charge in [0.15, 0.2) is 0 Å². The van der Waals surface area contributed by atoms with Gasteiger partial charge in [-0.25, -0.2) is 4.98 Å². The maximum atomic E-state index is 13.4. The number of halogens is 1. The van der Waals surface area contributed by atoms with Gasteiger partial charge in [0.2, 0.25) is 0 Å². The van der Waals surface area contributed by atoms with Crippen LogP contribution in [0.2, 0.25) is 5.02 Å². The molecule has 1 aliphatic rings. The van der Waals surface area contributed by atoms with Gasteiger partial charge in [-0.1, -0.05) is 73.7 Å². The van der Waals surface area contributed by atoms with E-state index in [0.29, 0.717) is 43.7 Å². The average Bonchev–Trinajstić information content (AvgIpc) is 3.03. The molecule has 0 spiro atoms. The Balaban J connectivity index is 1.75. The van der Waals surface area contributed by atoms with E-state index in [1.54, 1.807) is 18.3 Å². The topological polar surface area (TPSA) is 66.7 Å². The number of amides is 1. The van der Waals surface area contributed by atoms with Crippen molar-refractivity contribution in [2.24, 2.45) is 5.92 Å². The van der Waals surface area contributed by atoms with E-state index in [1.807, 2.05) is 37.3 Å². The minimum Gasteiger partial charge on any atom is -0.369 e. The molecule has 0 saturated carbocycles. The van der Waals surface area contributed by atoms with Crippen LogP contribution >= 0.6 is 35.6 Å². The van der Waals surface area contributed by atoms with Crippen molar-refractivity contribution in [2.45, 2.75) is 27.3 Å². The lowest BCUT2D eigenvalue weighted by Crippen LogP contribution is -2.27. The molecule has 1 aliphatic heterocycles. The number of hydrogen-bond acceptors (Lipinski definition) is 6. The zero-order chi connectivity index (χ0) is 23.7. The summed E-state index contributed by atoms with van der Waals surface area (Å²) in [4.78, 5) is 33.1. The smallest absolute Gasteiger partial charge is 0.267 e. The molecular weight excluding hydrogens is 476 g/mol. The molecular formula is C24H23ClN4O2S2. The normalized spacial score (nSPS) is 15.3. The molecule has 1 aromatic carbocycles. The highest BCUT2D eigenvalue weighted by molar-refractivity contribution is 8.26. The summed E-state index contributed by atoms with van der Waals surface area (Å²) in [6, 6.07) is 11.1. The average molecular weight is 499 g/mol. The number of carbonyl (C=O) groups excluding carboxylic acids is 1. The van der Waals surface area contributed by atoms with Gasteiger partial charge >= 0.3 is 0 Å². The monoisotopic (exact) mass is 498 g/mol. The molecule has 1 N–H and O–H groups in total. The highest BCUT2D eigenvalue weighted by Crippen LogP contribution is 2.34. The first-order valence-electron chi connectivity index (χ1n) is 10.5. The number of aryl methyl sites for hydroxylation is 1. The Kier molecular flexibility index (Phi) is 6.88. The Labute approximate surface area is 206 Å². The number of carbonyl (C=O) groups is 1. The third kappa shape index (κ3) is 4.98. The van der Waals surface area contributed by atoms with Crippen LogP contribution in [0.3, 0.4) is 0 Å². The second-order valence-corrected chi connectivity index (χ2v) is 10.3. The van der Waals surface area contributed by atoms with Crippen molar-refractivity contribution in [3.8, 4) is 0 Å². The van der Waals surface area contributed by atoms with Gasteiger partial charge in [-0.2, -0.15) is 0 Å². The molecule has 0 aliphatic carbocycles. The van der Waals surface area contributed by atoms with Gasteiger partial charge < -0.3 is 5.32 Å². The van der Waals surface area contributed by atoms with E-state index >= 15 is 0 Å². The third-order valence-electron chi connectivity index (χ3n) is 5.12. The molecule has 1 saturated heterocycles. The first kappa shape index (κ1) is 23.5. The Hall–Kier alpha value is -2.68. The number of fused-ring (bicyclic) bond motifs is 1. The van der Waals surface area contributed by atoms with Crippen molar-refractivity contribution >= 4 is 63.3 Å². The Morgan fingerprint density at radius 1 is 1.21 bits per heavy atom. The van der Waals surface area contributed by atoms with E-state index in [4.69, 9.17) is 23.8 Å². The molecule has 33 heavy (non-hydrogen) atoms. The summed E-state index contributed by atoms with van der Waals surface area (Å²) in [5.41, 5.74) is 2.37. The first-order chi connectivity index (χ1) is 15.7. The van der Waals surface area contributed by atoms with E-state index < -0.39 is 0 Å². The quantitative estimate of drug-likeness (QED) is 0.375. The minimum atomic E-state index is -0.256. The molecule has 6 nitrogen and oxygen atoms in total. The Bertz CT molecular complexity index is 1350. The van der Waals surface area contributed by atoms with Gasteiger partial charge in [0.1, 0.15) is 15.8 Å². The van der Waals surface area contributed by atoms with Crippen molar-refractivity contribution in [2.75, 3.05) is 11.9 Å². The molecule has 0 unspecified atom stereocenters. The Morgan fingerprint density at radius 2 is 1.97 bits per heavy atom. The Morgan fingerprint density at radius 3 is 2.70 bits per heavy atom. The zero-order valence-electron chi connectivity index (χ0n) is 18.5. The lowest BCUT2D eigenvalue weighted by Gasteiger charge is -2.15. The number of nitrogens with zero attached hydrogens (tertiary/aromatic N) is 3. The molecule has 170 valence electrons. The fraction of sp³-hybridized carbons (Fsp3) is 0.250. The second kappa shape index (κ2) is 9.67.